The van der Waals surface area contributed by atoms with Crippen molar-refractivity contribution in [3.63, 3.8) is 0 Å². The molecule has 106 valence electrons. The number of nitro groups is 1. The van der Waals surface area contributed by atoms with Gasteiger partial charge in [-0.05, 0) is 31.4 Å². The fraction of sp³-hybridized carbons (Fsp3) is 0.500. The van der Waals surface area contributed by atoms with E-state index < -0.39 is 17.1 Å². The van der Waals surface area contributed by atoms with Crippen LogP contribution in [-0.2, 0) is 0 Å². The van der Waals surface area contributed by atoms with Gasteiger partial charge in [-0.3, -0.25) is 10.1 Å². The van der Waals surface area contributed by atoms with Crippen LogP contribution in [0, 0.1) is 21.4 Å². The Bertz CT molecular complexity index is 538. The van der Waals surface area contributed by atoms with Crippen molar-refractivity contribution in [3.8, 4) is 11.8 Å². The molecule has 0 bridgehead atoms. The van der Waals surface area contributed by atoms with E-state index in [4.69, 9.17) is 10.00 Å². The maximum Gasteiger partial charge on any atom is 0.312 e. The number of hydrogen-bond donors (Lipinski definition) is 1. The molecule has 20 heavy (non-hydrogen) atoms. The molecule has 0 heterocycles. The van der Waals surface area contributed by atoms with Crippen LogP contribution in [0.15, 0.2) is 18.2 Å². The van der Waals surface area contributed by atoms with E-state index in [1.54, 1.807) is 0 Å². The third-order valence-corrected chi connectivity index (χ3v) is 3.48. The minimum Gasteiger partial charge on any atom is -0.481 e. The molecule has 1 aromatic rings. The molecule has 6 nitrogen and oxygen atoms in total. The molecular weight excluding hydrogens is 260 g/mol. The minimum atomic E-state index is -0.604. The first kappa shape index (κ1) is 14.3. The van der Waals surface area contributed by atoms with Crippen LogP contribution < -0.4 is 4.74 Å². The highest BCUT2D eigenvalue weighted by Crippen LogP contribution is 2.31. The third kappa shape index (κ3) is 3.25. The summed E-state index contributed by atoms with van der Waals surface area (Å²) in [7, 11) is 0. The summed E-state index contributed by atoms with van der Waals surface area (Å²) in [6.07, 6.45) is 3.21. The molecule has 2 atom stereocenters. The number of nitrogens with zero attached hydrogens (tertiary/aromatic N) is 2. The van der Waals surface area contributed by atoms with Crippen LogP contribution in [-0.4, -0.2) is 22.2 Å². The van der Waals surface area contributed by atoms with Crippen molar-refractivity contribution in [2.75, 3.05) is 0 Å². The van der Waals surface area contributed by atoms with Gasteiger partial charge in [0.25, 0.3) is 0 Å². The Hall–Kier alpha value is -2.13. The molecule has 2 rings (SSSR count). The zero-order chi connectivity index (χ0) is 14.5. The van der Waals surface area contributed by atoms with Gasteiger partial charge < -0.3 is 9.84 Å². The van der Waals surface area contributed by atoms with Gasteiger partial charge in [0.2, 0.25) is 0 Å². The predicted molar refractivity (Wildman–Crippen MR) is 71.3 cm³/mol. The maximum absolute atomic E-state index is 11.0. The molecule has 1 fully saturated rings. The van der Waals surface area contributed by atoms with E-state index in [0.717, 1.165) is 19.3 Å². The van der Waals surface area contributed by atoms with E-state index >= 15 is 0 Å². The minimum absolute atomic E-state index is 0.111. The van der Waals surface area contributed by atoms with Crippen molar-refractivity contribution in [2.24, 2.45) is 0 Å². The van der Waals surface area contributed by atoms with E-state index in [0.29, 0.717) is 12.8 Å². The third-order valence-electron chi connectivity index (χ3n) is 3.48. The molecule has 0 amide bonds. The van der Waals surface area contributed by atoms with Crippen molar-refractivity contribution in [1.29, 1.82) is 5.26 Å². The molecule has 1 N–H and O–H groups in total. The van der Waals surface area contributed by atoms with E-state index in [2.05, 4.69) is 0 Å². The molecule has 2 unspecified atom stereocenters. The molecule has 0 aromatic heterocycles. The van der Waals surface area contributed by atoms with Gasteiger partial charge in [-0.2, -0.15) is 5.26 Å². The largest absolute Gasteiger partial charge is 0.481 e. The lowest BCUT2D eigenvalue weighted by molar-refractivity contribution is -0.386. The normalized spacial score (nSPS) is 22.6. The topological polar surface area (TPSA) is 96.4 Å². The summed E-state index contributed by atoms with van der Waals surface area (Å²) in [5, 5.41) is 29.8. The first-order valence-electron chi connectivity index (χ1n) is 6.65. The Kier molecular flexibility index (Phi) is 4.53. The van der Waals surface area contributed by atoms with Gasteiger partial charge in [-0.1, -0.05) is 12.8 Å². The van der Waals surface area contributed by atoms with Gasteiger partial charge in [0.15, 0.2) is 5.75 Å². The Labute approximate surface area is 116 Å². The van der Waals surface area contributed by atoms with Crippen molar-refractivity contribution >= 4 is 5.69 Å². The summed E-state index contributed by atoms with van der Waals surface area (Å²) in [4.78, 5) is 10.5. The number of ether oxygens (including phenoxy) is 1. The molecule has 0 spiro atoms. The van der Waals surface area contributed by atoms with Crippen molar-refractivity contribution < 1.29 is 14.8 Å². The van der Waals surface area contributed by atoms with E-state index in [9.17, 15) is 15.2 Å². The van der Waals surface area contributed by atoms with Crippen LogP contribution in [0.2, 0.25) is 0 Å². The fourth-order valence-corrected chi connectivity index (χ4v) is 2.38. The zero-order valence-corrected chi connectivity index (χ0v) is 11.0. The van der Waals surface area contributed by atoms with Gasteiger partial charge in [-0.15, -0.1) is 0 Å². The van der Waals surface area contributed by atoms with Gasteiger partial charge in [0.05, 0.1) is 22.7 Å². The van der Waals surface area contributed by atoms with E-state index in [-0.39, 0.29) is 17.0 Å². The highest BCUT2D eigenvalue weighted by Gasteiger charge is 2.26. The standard InChI is InChI=1S/C14H16N2O4/c15-9-10-6-7-13(11(8-10)16(18)19)20-14-5-3-1-2-4-12(14)17/h6-8,12,14,17H,1-5H2. The number of rotatable bonds is 3. The number of aliphatic hydroxyl groups is 1. The highest BCUT2D eigenvalue weighted by molar-refractivity contribution is 5.51. The van der Waals surface area contributed by atoms with Gasteiger partial charge >= 0.3 is 5.69 Å². The second-order valence-corrected chi connectivity index (χ2v) is 4.91. The summed E-state index contributed by atoms with van der Waals surface area (Å²) in [6.45, 7) is 0. The fourth-order valence-electron chi connectivity index (χ4n) is 2.38. The maximum atomic E-state index is 11.0. The lowest BCUT2D eigenvalue weighted by Gasteiger charge is -2.21. The smallest absolute Gasteiger partial charge is 0.312 e. The number of nitro benzene ring substituents is 1. The second-order valence-electron chi connectivity index (χ2n) is 4.91. The predicted octanol–water partition coefficient (Wildman–Crippen LogP) is 2.54. The molecule has 1 aromatic carbocycles. The van der Waals surface area contributed by atoms with Crippen LogP contribution in [0.4, 0.5) is 5.69 Å². The van der Waals surface area contributed by atoms with E-state index in [1.165, 1.54) is 18.2 Å². The van der Waals surface area contributed by atoms with Gasteiger partial charge in [0.1, 0.15) is 6.10 Å². The Morgan fingerprint density at radius 3 is 2.80 bits per heavy atom. The lowest BCUT2D eigenvalue weighted by Crippen LogP contribution is -2.30. The average Bonchev–Trinajstić information content (AvgIpc) is 2.64. The van der Waals surface area contributed by atoms with Crippen molar-refractivity contribution in [3.05, 3.63) is 33.9 Å². The highest BCUT2D eigenvalue weighted by atomic mass is 16.6. The Morgan fingerprint density at radius 1 is 1.35 bits per heavy atom. The van der Waals surface area contributed by atoms with Crippen LogP contribution in [0.5, 0.6) is 5.75 Å². The number of aliphatic hydroxyl groups excluding tert-OH is 1. The number of hydrogen-bond acceptors (Lipinski definition) is 5. The van der Waals surface area contributed by atoms with Gasteiger partial charge in [0, 0.05) is 6.07 Å². The first-order valence-corrected chi connectivity index (χ1v) is 6.65. The summed E-state index contributed by atoms with van der Waals surface area (Å²) in [5.74, 6) is 0.111. The van der Waals surface area contributed by atoms with Crippen LogP contribution in [0.1, 0.15) is 37.7 Å². The molecule has 1 aliphatic carbocycles. The van der Waals surface area contributed by atoms with Crippen molar-refractivity contribution in [1.82, 2.24) is 0 Å². The average molecular weight is 276 g/mol. The summed E-state index contributed by atoms with van der Waals surface area (Å²) < 4.78 is 5.64. The van der Waals surface area contributed by atoms with E-state index in [1.807, 2.05) is 6.07 Å². The molecule has 0 saturated heterocycles. The molecule has 1 aliphatic rings. The number of benzene rings is 1. The monoisotopic (exact) mass is 276 g/mol. The van der Waals surface area contributed by atoms with Crippen molar-refractivity contribution in [2.45, 2.75) is 44.3 Å². The van der Waals surface area contributed by atoms with Crippen LogP contribution in [0.3, 0.4) is 0 Å². The quantitative estimate of drug-likeness (QED) is 0.520. The van der Waals surface area contributed by atoms with Crippen LogP contribution >= 0.6 is 0 Å². The molecule has 0 aliphatic heterocycles. The Morgan fingerprint density at radius 2 is 2.10 bits per heavy atom. The molecule has 1 saturated carbocycles. The van der Waals surface area contributed by atoms with Crippen LogP contribution in [0.25, 0.3) is 0 Å². The zero-order valence-electron chi connectivity index (χ0n) is 11.0. The first-order chi connectivity index (χ1) is 9.61. The number of nitriles is 1. The summed E-state index contributed by atoms with van der Waals surface area (Å²) in [5.41, 5.74) is -0.0223. The summed E-state index contributed by atoms with van der Waals surface area (Å²) in [6, 6.07) is 5.96. The van der Waals surface area contributed by atoms with Gasteiger partial charge in [-0.25, -0.2) is 0 Å². The summed E-state index contributed by atoms with van der Waals surface area (Å²) >= 11 is 0. The lowest BCUT2D eigenvalue weighted by atomic mass is 10.1. The SMILES string of the molecule is N#Cc1ccc(OC2CCCCCC2O)c([N+](=O)[O-])c1. The second kappa shape index (κ2) is 6.35. The molecule has 0 radical (unpaired) electrons. The molecular formula is C14H16N2O4. The Balaban J connectivity index is 2.23. The molecule has 6 heteroatoms.